The summed E-state index contributed by atoms with van der Waals surface area (Å²) in [4.78, 5) is 35.3. The molecule has 0 aliphatic carbocycles. The van der Waals surface area contributed by atoms with E-state index in [1.165, 1.54) is 4.90 Å². The molecule has 0 fully saturated rings. The molecule has 0 saturated carbocycles. The highest BCUT2D eigenvalue weighted by Gasteiger charge is 2.34. The number of hydrogen-bond donors (Lipinski definition) is 2. The van der Waals surface area contributed by atoms with Gasteiger partial charge in [-0.1, -0.05) is 42.2 Å². The number of nitrogens with zero attached hydrogens (tertiary/aromatic N) is 4. The van der Waals surface area contributed by atoms with Crippen LogP contribution in [0.2, 0.25) is 0 Å². The third kappa shape index (κ3) is 5.35. The molecule has 1 aromatic heterocycles. The number of fused-ring (bicyclic) bond motifs is 1. The molecule has 8 heteroatoms. The predicted octanol–water partition coefficient (Wildman–Crippen LogP) is 5.26. The second kappa shape index (κ2) is 11.1. The number of hydrogen-bond acceptors (Lipinski definition) is 7. The van der Waals surface area contributed by atoms with Gasteiger partial charge in [0, 0.05) is 24.3 Å². The van der Waals surface area contributed by atoms with Crippen LogP contribution in [0.1, 0.15) is 44.7 Å². The van der Waals surface area contributed by atoms with Crippen molar-refractivity contribution < 1.29 is 9.59 Å². The number of nitrogens with one attached hydrogen (secondary N) is 2. The van der Waals surface area contributed by atoms with Crippen molar-refractivity contribution in [3.63, 3.8) is 0 Å². The number of imide groups is 1. The van der Waals surface area contributed by atoms with Crippen molar-refractivity contribution in [2.45, 2.75) is 12.8 Å². The number of carbonyl (C=O) groups excluding carboxylic acids is 2. The van der Waals surface area contributed by atoms with E-state index in [4.69, 9.17) is 5.26 Å². The molecule has 2 amide bonds. The molecule has 5 rings (SSSR count). The summed E-state index contributed by atoms with van der Waals surface area (Å²) in [5, 5.41) is 15.4. The van der Waals surface area contributed by atoms with Gasteiger partial charge in [0.25, 0.3) is 11.8 Å². The predicted molar refractivity (Wildman–Crippen MR) is 144 cm³/mol. The summed E-state index contributed by atoms with van der Waals surface area (Å²) in [6, 6.07) is 25.6. The summed E-state index contributed by atoms with van der Waals surface area (Å²) < 4.78 is 0. The first-order valence-corrected chi connectivity index (χ1v) is 12.0. The first kappa shape index (κ1) is 24.2. The van der Waals surface area contributed by atoms with E-state index in [-0.39, 0.29) is 11.8 Å². The van der Waals surface area contributed by atoms with E-state index < -0.39 is 0 Å². The maximum atomic E-state index is 12.5. The molecule has 38 heavy (non-hydrogen) atoms. The Balaban J connectivity index is 1.28. The Bertz CT molecular complexity index is 1560. The van der Waals surface area contributed by atoms with Crippen LogP contribution in [0.5, 0.6) is 0 Å². The Morgan fingerprint density at radius 1 is 0.816 bits per heavy atom. The van der Waals surface area contributed by atoms with Gasteiger partial charge in [0.15, 0.2) is 5.82 Å². The molecule has 4 aromatic rings. The Hall–Kier alpha value is -5.47. The van der Waals surface area contributed by atoms with E-state index in [2.05, 4.69) is 38.5 Å². The molecule has 1 aliphatic rings. The summed E-state index contributed by atoms with van der Waals surface area (Å²) >= 11 is 0. The van der Waals surface area contributed by atoms with Crippen molar-refractivity contribution in [1.29, 1.82) is 5.26 Å². The monoisotopic (exact) mass is 498 g/mol. The summed E-state index contributed by atoms with van der Waals surface area (Å²) in [7, 11) is 0. The van der Waals surface area contributed by atoms with Crippen LogP contribution in [0.4, 0.5) is 23.1 Å². The second-order valence-electron chi connectivity index (χ2n) is 8.47. The van der Waals surface area contributed by atoms with Crippen LogP contribution in [-0.4, -0.2) is 33.2 Å². The minimum Gasteiger partial charge on any atom is -0.339 e. The lowest BCUT2D eigenvalue weighted by Gasteiger charge is -2.12. The molecule has 2 heterocycles. The van der Waals surface area contributed by atoms with Crippen molar-refractivity contribution in [3.05, 3.63) is 107 Å². The number of benzene rings is 3. The zero-order chi connectivity index (χ0) is 26.3. The van der Waals surface area contributed by atoms with Crippen LogP contribution >= 0.6 is 0 Å². The number of unbranched alkanes of at least 4 members (excludes halogenated alkanes) is 1. The molecular formula is C30H22N6O2. The van der Waals surface area contributed by atoms with Crippen molar-refractivity contribution >= 4 is 35.0 Å². The van der Waals surface area contributed by atoms with E-state index >= 15 is 0 Å². The van der Waals surface area contributed by atoms with Crippen LogP contribution in [0.25, 0.3) is 0 Å². The zero-order valence-electron chi connectivity index (χ0n) is 20.3. The molecule has 0 bridgehead atoms. The lowest BCUT2D eigenvalue weighted by Crippen LogP contribution is -2.30. The average Bonchev–Trinajstić information content (AvgIpc) is 3.20. The van der Waals surface area contributed by atoms with Gasteiger partial charge in [-0.15, -0.1) is 0 Å². The Morgan fingerprint density at radius 3 is 2.16 bits per heavy atom. The van der Waals surface area contributed by atoms with Gasteiger partial charge in [0.05, 0.1) is 34.5 Å². The number of rotatable bonds is 7. The van der Waals surface area contributed by atoms with Crippen LogP contribution in [-0.2, 0) is 0 Å². The topological polar surface area (TPSA) is 111 Å². The molecule has 8 nitrogen and oxygen atoms in total. The maximum Gasteiger partial charge on any atom is 0.261 e. The fourth-order valence-electron chi connectivity index (χ4n) is 3.97. The van der Waals surface area contributed by atoms with Gasteiger partial charge in [0.2, 0.25) is 5.95 Å². The van der Waals surface area contributed by atoms with Gasteiger partial charge in [0.1, 0.15) is 0 Å². The van der Waals surface area contributed by atoms with E-state index in [0.717, 1.165) is 11.4 Å². The SMILES string of the molecule is N#Cc1ccc(Nc2ncc(C#CCCCN3C(=O)c4ccccc4C3=O)c(Nc3ccccc3)n2)cc1. The number of nitriles is 1. The van der Waals surface area contributed by atoms with E-state index in [0.29, 0.717) is 53.4 Å². The van der Waals surface area contributed by atoms with Gasteiger partial charge in [-0.25, -0.2) is 4.98 Å². The summed E-state index contributed by atoms with van der Waals surface area (Å²) in [6.45, 7) is 0.306. The first-order chi connectivity index (χ1) is 18.6. The molecule has 3 aromatic carbocycles. The molecule has 2 N–H and O–H groups in total. The summed E-state index contributed by atoms with van der Waals surface area (Å²) in [5.74, 6) is 6.63. The average molecular weight is 499 g/mol. The molecule has 0 unspecified atom stereocenters. The number of anilines is 4. The second-order valence-corrected chi connectivity index (χ2v) is 8.47. The van der Waals surface area contributed by atoms with Gasteiger partial charge in [-0.05, 0) is 55.0 Å². The number of amides is 2. The van der Waals surface area contributed by atoms with Crippen molar-refractivity contribution in [3.8, 4) is 17.9 Å². The highest BCUT2D eigenvalue weighted by molar-refractivity contribution is 6.21. The fraction of sp³-hybridized carbons (Fsp3) is 0.100. The smallest absolute Gasteiger partial charge is 0.261 e. The van der Waals surface area contributed by atoms with E-state index in [1.54, 1.807) is 54.7 Å². The van der Waals surface area contributed by atoms with Gasteiger partial charge in [-0.3, -0.25) is 14.5 Å². The summed E-state index contributed by atoms with van der Waals surface area (Å²) in [5.41, 5.74) is 3.68. The molecule has 0 spiro atoms. The molecular weight excluding hydrogens is 476 g/mol. The third-order valence-electron chi connectivity index (χ3n) is 5.88. The van der Waals surface area contributed by atoms with Crippen LogP contribution in [0.3, 0.4) is 0 Å². The normalized spacial score (nSPS) is 11.8. The Kier molecular flexibility index (Phi) is 7.06. The molecule has 1 aliphatic heterocycles. The minimum absolute atomic E-state index is 0.258. The van der Waals surface area contributed by atoms with E-state index in [9.17, 15) is 9.59 Å². The highest BCUT2D eigenvalue weighted by Crippen LogP contribution is 2.23. The molecule has 0 saturated heterocycles. The van der Waals surface area contributed by atoms with Crippen molar-refractivity contribution in [2.24, 2.45) is 0 Å². The summed E-state index contributed by atoms with van der Waals surface area (Å²) in [6.07, 6.45) is 2.68. The number of aromatic nitrogens is 2. The number of para-hydroxylation sites is 1. The van der Waals surface area contributed by atoms with Gasteiger partial charge in [-0.2, -0.15) is 10.2 Å². The first-order valence-electron chi connectivity index (χ1n) is 12.0. The Labute approximate surface area is 220 Å². The third-order valence-corrected chi connectivity index (χ3v) is 5.88. The van der Waals surface area contributed by atoms with Crippen molar-refractivity contribution in [2.75, 3.05) is 17.2 Å². The standard InChI is InChI=1S/C30H22N6O2/c31-19-21-14-16-24(17-15-21)34-30-32-20-22(27(35-30)33-23-10-4-1-5-11-23)9-3-2-8-18-36-28(37)25-12-6-7-13-26(25)29(36)38/h1,4-7,10-17,20H,2,8,18H2,(H2,32,33,34,35). The molecule has 184 valence electrons. The van der Waals surface area contributed by atoms with Gasteiger partial charge >= 0.3 is 0 Å². The van der Waals surface area contributed by atoms with E-state index in [1.807, 2.05) is 30.3 Å². The van der Waals surface area contributed by atoms with Crippen LogP contribution in [0, 0.1) is 23.2 Å². The van der Waals surface area contributed by atoms with Crippen molar-refractivity contribution in [1.82, 2.24) is 14.9 Å². The minimum atomic E-state index is -0.258. The lowest BCUT2D eigenvalue weighted by molar-refractivity contribution is 0.0653. The quantitative estimate of drug-likeness (QED) is 0.203. The Morgan fingerprint density at radius 2 is 1.47 bits per heavy atom. The molecule has 0 radical (unpaired) electrons. The molecule has 0 atom stereocenters. The van der Waals surface area contributed by atoms with Crippen LogP contribution < -0.4 is 10.6 Å². The van der Waals surface area contributed by atoms with Gasteiger partial charge < -0.3 is 10.6 Å². The van der Waals surface area contributed by atoms with Crippen LogP contribution in [0.15, 0.2) is 85.1 Å². The number of carbonyl (C=O) groups is 2. The largest absolute Gasteiger partial charge is 0.339 e. The zero-order valence-corrected chi connectivity index (χ0v) is 20.3. The maximum absolute atomic E-state index is 12.5. The highest BCUT2D eigenvalue weighted by atomic mass is 16.2. The fourth-order valence-corrected chi connectivity index (χ4v) is 3.97. The lowest BCUT2D eigenvalue weighted by atomic mass is 10.1.